The molecule has 4 rings (SSSR count). The number of fused-ring (bicyclic) bond motifs is 1. The normalized spacial score (nSPS) is 13.7. The molecule has 0 saturated carbocycles. The first kappa shape index (κ1) is 22.9. The minimum absolute atomic E-state index is 0.0348. The highest BCUT2D eigenvalue weighted by molar-refractivity contribution is 5.90. The second kappa shape index (κ2) is 10.1. The summed E-state index contributed by atoms with van der Waals surface area (Å²) in [5, 5.41) is 2.92. The zero-order valence-electron chi connectivity index (χ0n) is 19.7. The van der Waals surface area contributed by atoms with E-state index in [0.717, 1.165) is 30.9 Å². The second-order valence-electron chi connectivity index (χ2n) is 8.97. The smallest absolute Gasteiger partial charge is 0.258 e. The van der Waals surface area contributed by atoms with Gasteiger partial charge in [0.1, 0.15) is 12.4 Å². The van der Waals surface area contributed by atoms with Gasteiger partial charge in [0, 0.05) is 38.2 Å². The summed E-state index contributed by atoms with van der Waals surface area (Å²) in [6, 6.07) is 18.1. The van der Waals surface area contributed by atoms with Gasteiger partial charge in [0.2, 0.25) is 5.91 Å². The number of aryl methyl sites for hydroxylation is 1. The number of nitrogens with zero attached hydrogens (tertiary/aromatic N) is 3. The van der Waals surface area contributed by atoms with E-state index in [4.69, 9.17) is 4.98 Å². The van der Waals surface area contributed by atoms with Crippen molar-refractivity contribution in [2.24, 2.45) is 0 Å². The number of rotatable bonds is 7. The molecule has 0 aliphatic carbocycles. The fourth-order valence-corrected chi connectivity index (χ4v) is 4.32. The first-order valence-electron chi connectivity index (χ1n) is 11.7. The first-order valence-corrected chi connectivity index (χ1v) is 11.7. The maximum absolute atomic E-state index is 13.4. The van der Waals surface area contributed by atoms with E-state index in [-0.39, 0.29) is 18.0 Å². The molecule has 0 fully saturated rings. The Morgan fingerprint density at radius 1 is 1.09 bits per heavy atom. The van der Waals surface area contributed by atoms with Gasteiger partial charge in [-0.05, 0) is 29.2 Å². The second-order valence-corrected chi connectivity index (χ2v) is 8.97. The number of hydrogen-bond acceptors (Lipinski definition) is 4. The maximum Gasteiger partial charge on any atom is 0.258 e. The van der Waals surface area contributed by atoms with E-state index in [0.29, 0.717) is 30.3 Å². The van der Waals surface area contributed by atoms with E-state index >= 15 is 0 Å². The van der Waals surface area contributed by atoms with E-state index in [2.05, 4.69) is 36.2 Å². The van der Waals surface area contributed by atoms with Crippen LogP contribution in [0.3, 0.4) is 0 Å². The Hall–Kier alpha value is -3.25. The summed E-state index contributed by atoms with van der Waals surface area (Å²) in [7, 11) is 0. The van der Waals surface area contributed by atoms with E-state index in [1.807, 2.05) is 49.4 Å². The number of carbonyl (C=O) groups is 1. The molecular formula is C27H32N4O2. The van der Waals surface area contributed by atoms with Gasteiger partial charge < -0.3 is 5.32 Å². The topological polar surface area (TPSA) is 67.2 Å². The molecule has 1 aliphatic heterocycles. The summed E-state index contributed by atoms with van der Waals surface area (Å²) in [5.74, 6) is 0.881. The van der Waals surface area contributed by atoms with Gasteiger partial charge in [0.15, 0.2) is 0 Å². The molecule has 2 aromatic carbocycles. The lowest BCUT2D eigenvalue weighted by molar-refractivity contribution is -0.116. The van der Waals surface area contributed by atoms with Crippen molar-refractivity contribution in [2.75, 3.05) is 11.9 Å². The average molecular weight is 445 g/mol. The van der Waals surface area contributed by atoms with Gasteiger partial charge in [-0.3, -0.25) is 19.1 Å². The van der Waals surface area contributed by atoms with Crippen LogP contribution in [0, 0.1) is 0 Å². The number of aromatic nitrogens is 2. The summed E-state index contributed by atoms with van der Waals surface area (Å²) in [5.41, 5.74) is 4.67. The van der Waals surface area contributed by atoms with Crippen LogP contribution in [0.2, 0.25) is 0 Å². The molecule has 1 N–H and O–H groups in total. The number of anilines is 1. The lowest BCUT2D eigenvalue weighted by atomic mass is 10.0. The lowest BCUT2D eigenvalue weighted by Gasteiger charge is -2.28. The number of benzene rings is 2. The minimum atomic E-state index is -0.220. The molecule has 33 heavy (non-hydrogen) atoms. The van der Waals surface area contributed by atoms with Crippen LogP contribution in [0.5, 0.6) is 0 Å². The lowest BCUT2D eigenvalue weighted by Crippen LogP contribution is -2.40. The molecule has 0 bridgehead atoms. The molecule has 1 aliphatic rings. The standard InChI is InChI=1S/C27H32N4O2/c1-4-25-29-24-14-15-30(16-20-8-6-5-7-9-20)17-23(24)27(33)31(25)18-26(32)28-22-12-10-21(11-13-22)19(2)3/h5-13,19H,4,14-18H2,1-3H3,(H,28,32). The van der Waals surface area contributed by atoms with Crippen molar-refractivity contribution in [2.45, 2.75) is 59.2 Å². The monoisotopic (exact) mass is 444 g/mol. The molecule has 2 heterocycles. The van der Waals surface area contributed by atoms with Crippen molar-refractivity contribution >= 4 is 11.6 Å². The predicted octanol–water partition coefficient (Wildman–Crippen LogP) is 4.13. The Morgan fingerprint density at radius 2 is 1.82 bits per heavy atom. The zero-order valence-corrected chi connectivity index (χ0v) is 19.7. The molecule has 0 saturated heterocycles. The van der Waals surface area contributed by atoms with Crippen molar-refractivity contribution in [3.8, 4) is 0 Å². The minimum Gasteiger partial charge on any atom is -0.325 e. The van der Waals surface area contributed by atoms with Crippen molar-refractivity contribution in [1.29, 1.82) is 0 Å². The molecule has 3 aromatic rings. The van der Waals surface area contributed by atoms with Gasteiger partial charge in [0.05, 0.1) is 11.3 Å². The summed E-state index contributed by atoms with van der Waals surface area (Å²) >= 11 is 0. The van der Waals surface area contributed by atoms with E-state index < -0.39 is 0 Å². The number of nitrogens with one attached hydrogen (secondary N) is 1. The van der Waals surface area contributed by atoms with E-state index in [1.54, 1.807) is 4.57 Å². The molecule has 0 unspecified atom stereocenters. The third-order valence-corrected chi connectivity index (χ3v) is 6.20. The summed E-state index contributed by atoms with van der Waals surface area (Å²) in [6.07, 6.45) is 1.35. The third kappa shape index (κ3) is 5.40. The van der Waals surface area contributed by atoms with Gasteiger partial charge in [-0.2, -0.15) is 0 Å². The molecule has 1 aromatic heterocycles. The number of amides is 1. The van der Waals surface area contributed by atoms with Crippen LogP contribution in [-0.2, 0) is 37.3 Å². The molecule has 0 radical (unpaired) electrons. The number of carbonyl (C=O) groups excluding carboxylic acids is 1. The fourth-order valence-electron chi connectivity index (χ4n) is 4.32. The van der Waals surface area contributed by atoms with Gasteiger partial charge in [0.25, 0.3) is 5.56 Å². The maximum atomic E-state index is 13.4. The third-order valence-electron chi connectivity index (χ3n) is 6.20. The summed E-state index contributed by atoms with van der Waals surface area (Å²) in [6.45, 7) is 8.42. The van der Waals surface area contributed by atoms with Crippen LogP contribution >= 0.6 is 0 Å². The quantitative estimate of drug-likeness (QED) is 0.595. The highest BCUT2D eigenvalue weighted by atomic mass is 16.2. The van der Waals surface area contributed by atoms with Crippen LogP contribution in [0.4, 0.5) is 5.69 Å². The Kier molecular flexibility index (Phi) is 7.04. The van der Waals surface area contributed by atoms with E-state index in [1.165, 1.54) is 11.1 Å². The van der Waals surface area contributed by atoms with Gasteiger partial charge in [-0.15, -0.1) is 0 Å². The van der Waals surface area contributed by atoms with Crippen molar-refractivity contribution in [3.05, 3.63) is 93.2 Å². The fraction of sp³-hybridized carbons (Fsp3) is 0.370. The van der Waals surface area contributed by atoms with Gasteiger partial charge >= 0.3 is 0 Å². The Balaban J connectivity index is 1.52. The van der Waals surface area contributed by atoms with Crippen LogP contribution in [0.1, 0.15) is 54.9 Å². The molecular weight excluding hydrogens is 412 g/mol. The van der Waals surface area contributed by atoms with Crippen LogP contribution < -0.4 is 10.9 Å². The number of hydrogen-bond donors (Lipinski definition) is 1. The van der Waals surface area contributed by atoms with Crippen LogP contribution in [0.25, 0.3) is 0 Å². The Morgan fingerprint density at radius 3 is 2.48 bits per heavy atom. The van der Waals surface area contributed by atoms with E-state index in [9.17, 15) is 9.59 Å². The average Bonchev–Trinajstić information content (AvgIpc) is 2.82. The summed E-state index contributed by atoms with van der Waals surface area (Å²) in [4.78, 5) is 33.3. The first-order chi connectivity index (χ1) is 15.9. The molecule has 0 atom stereocenters. The molecule has 6 nitrogen and oxygen atoms in total. The zero-order chi connectivity index (χ0) is 23.4. The molecule has 6 heteroatoms. The van der Waals surface area contributed by atoms with Gasteiger partial charge in [-0.1, -0.05) is 63.2 Å². The van der Waals surface area contributed by atoms with Crippen molar-refractivity contribution in [3.63, 3.8) is 0 Å². The highest BCUT2D eigenvalue weighted by Crippen LogP contribution is 2.19. The molecule has 1 amide bonds. The summed E-state index contributed by atoms with van der Waals surface area (Å²) < 4.78 is 1.54. The van der Waals surface area contributed by atoms with Crippen molar-refractivity contribution in [1.82, 2.24) is 14.5 Å². The Labute approximate surface area is 195 Å². The highest BCUT2D eigenvalue weighted by Gasteiger charge is 2.24. The van der Waals surface area contributed by atoms with Crippen LogP contribution in [0.15, 0.2) is 59.4 Å². The largest absolute Gasteiger partial charge is 0.325 e. The predicted molar refractivity (Wildman–Crippen MR) is 131 cm³/mol. The van der Waals surface area contributed by atoms with Crippen molar-refractivity contribution < 1.29 is 4.79 Å². The molecule has 0 spiro atoms. The van der Waals surface area contributed by atoms with Crippen LogP contribution in [-0.4, -0.2) is 26.9 Å². The SMILES string of the molecule is CCc1nc2c(c(=O)n1CC(=O)Nc1ccc(C(C)C)cc1)CN(Cc1ccccc1)CC2. The molecule has 172 valence electrons. The van der Waals surface area contributed by atoms with Gasteiger partial charge in [-0.25, -0.2) is 4.98 Å². The Bertz CT molecular complexity index is 1170.